The van der Waals surface area contributed by atoms with Gasteiger partial charge >= 0.3 is 0 Å². The predicted molar refractivity (Wildman–Crippen MR) is 45.4 cm³/mol. The van der Waals surface area contributed by atoms with E-state index in [9.17, 15) is 4.79 Å². The van der Waals surface area contributed by atoms with Gasteiger partial charge in [0.05, 0.1) is 12.4 Å². The summed E-state index contributed by atoms with van der Waals surface area (Å²) in [7, 11) is 0. The van der Waals surface area contributed by atoms with Crippen LogP contribution >= 0.6 is 0 Å². The van der Waals surface area contributed by atoms with Crippen LogP contribution in [0.3, 0.4) is 0 Å². The average Bonchev–Trinajstić information content (AvgIpc) is 2.56. The topological polar surface area (TPSA) is 70.7 Å². The summed E-state index contributed by atoms with van der Waals surface area (Å²) in [5.41, 5.74) is 0. The van der Waals surface area contributed by atoms with Crippen LogP contribution in [0.25, 0.3) is 0 Å². The Labute approximate surface area is 76.0 Å². The highest BCUT2D eigenvalue weighted by atomic mass is 16.2. The van der Waals surface area contributed by atoms with Crippen molar-refractivity contribution in [1.29, 1.82) is 5.26 Å². The minimum absolute atomic E-state index is 0.188. The Bertz CT molecular complexity index is 311. The lowest BCUT2D eigenvalue weighted by molar-refractivity contribution is -0.121. The van der Waals surface area contributed by atoms with Gasteiger partial charge in [-0.1, -0.05) is 0 Å². The Morgan fingerprint density at radius 3 is 3.15 bits per heavy atom. The number of carbonyl (C=O) groups is 1. The van der Waals surface area contributed by atoms with Crippen LogP contribution in [-0.2, 0) is 11.3 Å². The third kappa shape index (κ3) is 2.95. The van der Waals surface area contributed by atoms with E-state index in [1.54, 1.807) is 30.2 Å². The monoisotopic (exact) mass is 178 g/mol. The molecule has 13 heavy (non-hydrogen) atoms. The summed E-state index contributed by atoms with van der Waals surface area (Å²) < 4.78 is 1.64. The van der Waals surface area contributed by atoms with Crippen molar-refractivity contribution in [2.45, 2.75) is 19.5 Å². The molecule has 1 heterocycles. The number of hydrogen-bond acceptors (Lipinski definition) is 3. The number of aromatic nitrogens is 2. The van der Waals surface area contributed by atoms with Gasteiger partial charge in [0, 0.05) is 12.4 Å². The lowest BCUT2D eigenvalue weighted by atomic mass is 10.4. The Morgan fingerprint density at radius 1 is 1.85 bits per heavy atom. The van der Waals surface area contributed by atoms with Crippen LogP contribution < -0.4 is 5.32 Å². The summed E-state index contributed by atoms with van der Waals surface area (Å²) in [4.78, 5) is 15.0. The maximum atomic E-state index is 11.2. The Balaban J connectivity index is 2.39. The van der Waals surface area contributed by atoms with Gasteiger partial charge in [-0.3, -0.25) is 4.79 Å². The van der Waals surface area contributed by atoms with E-state index in [0.717, 1.165) is 0 Å². The first-order valence-electron chi connectivity index (χ1n) is 3.87. The molecule has 1 amide bonds. The number of rotatable bonds is 3. The van der Waals surface area contributed by atoms with Crippen molar-refractivity contribution in [2.75, 3.05) is 0 Å². The van der Waals surface area contributed by atoms with Crippen molar-refractivity contribution in [3.8, 4) is 6.07 Å². The fourth-order valence-corrected chi connectivity index (χ4v) is 0.865. The van der Waals surface area contributed by atoms with Gasteiger partial charge < -0.3 is 9.88 Å². The number of amides is 1. The Kier molecular flexibility index (Phi) is 3.03. The maximum Gasteiger partial charge on any atom is 0.240 e. The van der Waals surface area contributed by atoms with E-state index < -0.39 is 6.04 Å². The maximum absolute atomic E-state index is 11.2. The summed E-state index contributed by atoms with van der Waals surface area (Å²) in [6.07, 6.45) is 4.84. The molecule has 0 saturated heterocycles. The van der Waals surface area contributed by atoms with Crippen LogP contribution in [0.5, 0.6) is 0 Å². The molecule has 0 bridgehead atoms. The number of nitrogens with zero attached hydrogens (tertiary/aromatic N) is 3. The van der Waals surface area contributed by atoms with Crippen LogP contribution in [0, 0.1) is 11.3 Å². The molecule has 1 rings (SSSR count). The second-order valence-electron chi connectivity index (χ2n) is 2.65. The molecule has 1 aromatic heterocycles. The van der Waals surface area contributed by atoms with Gasteiger partial charge in [-0.2, -0.15) is 5.26 Å². The van der Waals surface area contributed by atoms with Crippen LogP contribution in [0.1, 0.15) is 6.92 Å². The molecule has 0 aliphatic rings. The van der Waals surface area contributed by atoms with Crippen LogP contribution in [0.2, 0.25) is 0 Å². The molecule has 68 valence electrons. The summed E-state index contributed by atoms with van der Waals surface area (Å²) in [5, 5.41) is 10.9. The van der Waals surface area contributed by atoms with Crippen molar-refractivity contribution in [2.24, 2.45) is 0 Å². The van der Waals surface area contributed by atoms with E-state index in [4.69, 9.17) is 5.26 Å². The third-order valence-electron chi connectivity index (χ3n) is 1.46. The summed E-state index contributed by atoms with van der Waals surface area (Å²) >= 11 is 0. The SMILES string of the molecule is C[C@H](C#N)NC(=O)Cn1ccnc1. The smallest absolute Gasteiger partial charge is 0.240 e. The number of imidazole rings is 1. The van der Waals surface area contributed by atoms with Crippen molar-refractivity contribution in [3.63, 3.8) is 0 Å². The molecular formula is C8H10N4O. The molecule has 5 nitrogen and oxygen atoms in total. The van der Waals surface area contributed by atoms with Crippen LogP contribution in [0.4, 0.5) is 0 Å². The normalized spacial score (nSPS) is 11.7. The zero-order chi connectivity index (χ0) is 9.68. The highest BCUT2D eigenvalue weighted by Crippen LogP contribution is 1.86. The molecule has 1 aromatic rings. The van der Waals surface area contributed by atoms with Crippen LogP contribution in [-0.4, -0.2) is 21.5 Å². The minimum atomic E-state index is -0.448. The molecule has 0 saturated carbocycles. The van der Waals surface area contributed by atoms with Crippen molar-refractivity contribution >= 4 is 5.91 Å². The second-order valence-corrected chi connectivity index (χ2v) is 2.65. The quantitative estimate of drug-likeness (QED) is 0.703. The van der Waals surface area contributed by atoms with E-state index in [1.807, 2.05) is 6.07 Å². The van der Waals surface area contributed by atoms with E-state index in [1.165, 1.54) is 0 Å². The van der Waals surface area contributed by atoms with E-state index in [2.05, 4.69) is 10.3 Å². The molecule has 0 unspecified atom stereocenters. The molecule has 0 aliphatic carbocycles. The second kappa shape index (κ2) is 4.26. The number of hydrogen-bond donors (Lipinski definition) is 1. The Morgan fingerprint density at radius 2 is 2.62 bits per heavy atom. The lowest BCUT2D eigenvalue weighted by Gasteiger charge is -2.05. The van der Waals surface area contributed by atoms with Gasteiger partial charge in [0.15, 0.2) is 0 Å². The molecule has 1 atom stereocenters. The first-order valence-corrected chi connectivity index (χ1v) is 3.87. The zero-order valence-electron chi connectivity index (χ0n) is 7.27. The summed E-state index contributed by atoms with van der Waals surface area (Å²) in [6, 6.07) is 1.47. The van der Waals surface area contributed by atoms with E-state index >= 15 is 0 Å². The first kappa shape index (κ1) is 9.26. The molecular weight excluding hydrogens is 168 g/mol. The molecule has 0 spiro atoms. The van der Waals surface area contributed by atoms with E-state index in [0.29, 0.717) is 0 Å². The average molecular weight is 178 g/mol. The predicted octanol–water partition coefficient (Wildman–Crippen LogP) is -0.0886. The molecule has 0 aromatic carbocycles. The third-order valence-corrected chi connectivity index (χ3v) is 1.46. The summed E-state index contributed by atoms with van der Waals surface area (Å²) in [6.45, 7) is 1.83. The minimum Gasteiger partial charge on any atom is -0.339 e. The molecule has 5 heteroatoms. The van der Waals surface area contributed by atoms with Crippen molar-refractivity contribution < 1.29 is 4.79 Å². The van der Waals surface area contributed by atoms with E-state index in [-0.39, 0.29) is 12.5 Å². The number of nitrogens with one attached hydrogen (secondary N) is 1. The molecule has 0 radical (unpaired) electrons. The highest BCUT2D eigenvalue weighted by Gasteiger charge is 2.05. The van der Waals surface area contributed by atoms with Crippen LogP contribution in [0.15, 0.2) is 18.7 Å². The summed E-state index contributed by atoms with van der Waals surface area (Å²) in [5.74, 6) is -0.188. The fraction of sp³-hybridized carbons (Fsp3) is 0.375. The van der Waals surface area contributed by atoms with Crippen molar-refractivity contribution in [1.82, 2.24) is 14.9 Å². The van der Waals surface area contributed by atoms with Gasteiger partial charge in [0.1, 0.15) is 12.6 Å². The van der Waals surface area contributed by atoms with Gasteiger partial charge in [-0.15, -0.1) is 0 Å². The standard InChI is InChI=1S/C8H10N4O/c1-7(4-9)11-8(13)5-12-3-2-10-6-12/h2-3,6-7H,5H2,1H3,(H,11,13)/t7-/m1/s1. The van der Waals surface area contributed by atoms with Gasteiger partial charge in [0.2, 0.25) is 5.91 Å². The highest BCUT2D eigenvalue weighted by molar-refractivity contribution is 5.76. The number of nitriles is 1. The van der Waals surface area contributed by atoms with Crippen molar-refractivity contribution in [3.05, 3.63) is 18.7 Å². The Hall–Kier alpha value is -1.83. The fourth-order valence-electron chi connectivity index (χ4n) is 0.865. The zero-order valence-corrected chi connectivity index (χ0v) is 7.27. The van der Waals surface area contributed by atoms with Gasteiger partial charge in [-0.05, 0) is 6.92 Å². The number of carbonyl (C=O) groups excluding carboxylic acids is 1. The lowest BCUT2D eigenvalue weighted by Crippen LogP contribution is -2.33. The largest absolute Gasteiger partial charge is 0.339 e. The molecule has 1 N–H and O–H groups in total. The molecule has 0 fully saturated rings. The van der Waals surface area contributed by atoms with Gasteiger partial charge in [0.25, 0.3) is 0 Å². The first-order chi connectivity index (χ1) is 6.22. The van der Waals surface area contributed by atoms with Gasteiger partial charge in [-0.25, -0.2) is 4.98 Å². The molecule has 0 aliphatic heterocycles.